The molecule has 0 saturated carbocycles. The van der Waals surface area contributed by atoms with Gasteiger partial charge in [0, 0.05) is 30.2 Å². The summed E-state index contributed by atoms with van der Waals surface area (Å²) in [5.74, 6) is 1.24. The number of piperidine rings is 1. The Balaban J connectivity index is 1.40. The van der Waals surface area contributed by atoms with Crippen molar-refractivity contribution < 1.29 is 9.32 Å². The number of pyridine rings is 1. The molecule has 1 saturated heterocycles. The van der Waals surface area contributed by atoms with Gasteiger partial charge >= 0.3 is 6.03 Å². The van der Waals surface area contributed by atoms with Crippen molar-refractivity contribution in [1.82, 2.24) is 20.0 Å². The molecule has 7 nitrogen and oxygen atoms in total. The largest absolute Gasteiger partial charge is 0.339 e. The van der Waals surface area contributed by atoms with Crippen LogP contribution < -0.4 is 5.32 Å². The number of likely N-dealkylation sites (tertiary alicyclic amines) is 1. The van der Waals surface area contributed by atoms with Gasteiger partial charge in [0.2, 0.25) is 11.7 Å². The molecule has 0 bridgehead atoms. The average molecular weight is 440 g/mol. The number of hydrogen-bond donors (Lipinski definition) is 1. The van der Waals surface area contributed by atoms with E-state index < -0.39 is 0 Å². The van der Waals surface area contributed by atoms with E-state index >= 15 is 0 Å². The summed E-state index contributed by atoms with van der Waals surface area (Å²) in [5.41, 5.74) is 3.62. The number of halogens is 1. The molecule has 0 atom stereocenters. The number of nitrogens with one attached hydrogen (secondary N) is 1. The van der Waals surface area contributed by atoms with Gasteiger partial charge in [0.05, 0.1) is 5.69 Å². The molecule has 0 spiro atoms. The smallest absolute Gasteiger partial charge is 0.321 e. The first kappa shape index (κ1) is 21.3. The molecule has 1 aromatic carbocycles. The van der Waals surface area contributed by atoms with E-state index in [0.29, 0.717) is 35.5 Å². The third-order valence-electron chi connectivity index (χ3n) is 5.78. The second-order valence-electron chi connectivity index (χ2n) is 7.63. The summed E-state index contributed by atoms with van der Waals surface area (Å²) >= 11 is 6.37. The zero-order chi connectivity index (χ0) is 21.8. The maximum absolute atomic E-state index is 13.0. The van der Waals surface area contributed by atoms with Crippen LogP contribution >= 0.6 is 11.6 Å². The van der Waals surface area contributed by atoms with Gasteiger partial charge in [-0.15, -0.1) is 0 Å². The number of anilines is 1. The number of nitrogens with zero attached hydrogens (tertiary/aromatic N) is 4. The lowest BCUT2D eigenvalue weighted by atomic mass is 9.97. The van der Waals surface area contributed by atoms with Crippen LogP contribution in [-0.2, 0) is 12.8 Å². The van der Waals surface area contributed by atoms with Crippen LogP contribution in [-0.4, -0.2) is 39.1 Å². The molecular weight excluding hydrogens is 414 g/mol. The maximum atomic E-state index is 13.0. The van der Waals surface area contributed by atoms with Gasteiger partial charge in [-0.05, 0) is 55.0 Å². The van der Waals surface area contributed by atoms with Crippen LogP contribution in [0.1, 0.15) is 49.6 Å². The molecule has 1 aliphatic heterocycles. The SMILES string of the molecule is CCc1ccc(Cl)c(CC)c1NC(=O)N1CCC(c2nc(-c3ccccn3)no2)CC1. The van der Waals surface area contributed by atoms with E-state index in [0.717, 1.165) is 42.5 Å². The zero-order valence-electron chi connectivity index (χ0n) is 17.8. The van der Waals surface area contributed by atoms with E-state index in [9.17, 15) is 4.79 Å². The highest BCUT2D eigenvalue weighted by atomic mass is 35.5. The van der Waals surface area contributed by atoms with Crippen molar-refractivity contribution in [3.63, 3.8) is 0 Å². The van der Waals surface area contributed by atoms with E-state index in [4.69, 9.17) is 16.1 Å². The number of carbonyl (C=O) groups is 1. The number of aromatic nitrogens is 3. The highest BCUT2D eigenvalue weighted by Gasteiger charge is 2.28. The summed E-state index contributed by atoms with van der Waals surface area (Å²) in [4.78, 5) is 23.6. The Morgan fingerprint density at radius 3 is 2.68 bits per heavy atom. The van der Waals surface area contributed by atoms with E-state index in [1.54, 1.807) is 6.20 Å². The quantitative estimate of drug-likeness (QED) is 0.581. The van der Waals surface area contributed by atoms with Crippen LogP contribution in [0.25, 0.3) is 11.5 Å². The average Bonchev–Trinajstić information content (AvgIpc) is 3.30. The number of hydrogen-bond acceptors (Lipinski definition) is 5. The summed E-state index contributed by atoms with van der Waals surface area (Å²) in [5, 5.41) is 7.87. The fraction of sp³-hybridized carbons (Fsp3) is 0.391. The molecule has 0 radical (unpaired) electrons. The minimum atomic E-state index is -0.0928. The molecule has 1 N–H and O–H groups in total. The van der Waals surface area contributed by atoms with Crippen LogP contribution in [0.2, 0.25) is 5.02 Å². The van der Waals surface area contributed by atoms with Crippen molar-refractivity contribution in [2.24, 2.45) is 0 Å². The molecule has 0 aliphatic carbocycles. The van der Waals surface area contributed by atoms with Crippen molar-refractivity contribution in [2.75, 3.05) is 18.4 Å². The standard InChI is InChI=1S/C23H26ClN5O2/c1-3-15-8-9-18(24)17(4-2)20(15)26-23(30)29-13-10-16(11-14-29)22-27-21(28-31-22)19-7-5-6-12-25-19/h5-9,12,16H,3-4,10-11,13-14H2,1-2H3,(H,26,30). The monoisotopic (exact) mass is 439 g/mol. The van der Waals surface area contributed by atoms with E-state index in [1.807, 2.05) is 42.2 Å². The Labute approximate surface area is 186 Å². The number of benzene rings is 1. The molecule has 1 aliphatic rings. The molecular formula is C23H26ClN5O2. The van der Waals surface area contributed by atoms with Gasteiger partial charge in [0.25, 0.3) is 0 Å². The highest BCUT2D eigenvalue weighted by Crippen LogP contribution is 2.31. The summed E-state index contributed by atoms with van der Waals surface area (Å²) in [6.07, 6.45) is 4.84. The molecule has 2 aromatic heterocycles. The molecule has 3 heterocycles. The third-order valence-corrected chi connectivity index (χ3v) is 6.13. The van der Waals surface area contributed by atoms with Gasteiger partial charge in [-0.3, -0.25) is 4.98 Å². The fourth-order valence-corrected chi connectivity index (χ4v) is 4.27. The second kappa shape index (κ2) is 9.47. The normalized spacial score (nSPS) is 14.6. The molecule has 1 fully saturated rings. The predicted molar refractivity (Wildman–Crippen MR) is 120 cm³/mol. The predicted octanol–water partition coefficient (Wildman–Crippen LogP) is 5.32. The minimum absolute atomic E-state index is 0.0928. The van der Waals surface area contributed by atoms with Crippen molar-refractivity contribution in [2.45, 2.75) is 45.4 Å². The molecule has 8 heteroatoms. The van der Waals surface area contributed by atoms with E-state index in [-0.39, 0.29) is 11.9 Å². The van der Waals surface area contributed by atoms with Gasteiger partial charge in [0.1, 0.15) is 5.69 Å². The topological polar surface area (TPSA) is 84.2 Å². The molecule has 4 rings (SSSR count). The minimum Gasteiger partial charge on any atom is -0.339 e. The molecule has 31 heavy (non-hydrogen) atoms. The van der Waals surface area contributed by atoms with Crippen LogP contribution in [0.5, 0.6) is 0 Å². The second-order valence-corrected chi connectivity index (χ2v) is 8.04. The lowest BCUT2D eigenvalue weighted by molar-refractivity contribution is 0.187. The Bertz CT molecular complexity index is 1050. The van der Waals surface area contributed by atoms with E-state index in [2.05, 4.69) is 27.4 Å². The Kier molecular flexibility index (Phi) is 6.51. The molecule has 162 valence electrons. The van der Waals surface area contributed by atoms with Gasteiger partial charge in [-0.1, -0.05) is 42.7 Å². The van der Waals surface area contributed by atoms with Crippen molar-refractivity contribution >= 4 is 23.3 Å². The number of amides is 2. The lowest BCUT2D eigenvalue weighted by Crippen LogP contribution is -2.41. The third kappa shape index (κ3) is 4.56. The zero-order valence-corrected chi connectivity index (χ0v) is 18.5. The summed E-state index contributed by atoms with van der Waals surface area (Å²) in [7, 11) is 0. The van der Waals surface area contributed by atoms with Gasteiger partial charge < -0.3 is 14.7 Å². The number of carbonyl (C=O) groups excluding carboxylic acids is 1. The Hall–Kier alpha value is -2.93. The lowest BCUT2D eigenvalue weighted by Gasteiger charge is -2.31. The fourth-order valence-electron chi connectivity index (χ4n) is 3.98. The van der Waals surface area contributed by atoms with Crippen LogP contribution in [0.15, 0.2) is 41.1 Å². The first-order chi connectivity index (χ1) is 15.1. The highest BCUT2D eigenvalue weighted by molar-refractivity contribution is 6.32. The summed E-state index contributed by atoms with van der Waals surface area (Å²) in [6.45, 7) is 5.38. The van der Waals surface area contributed by atoms with Crippen molar-refractivity contribution in [1.29, 1.82) is 0 Å². The van der Waals surface area contributed by atoms with Crippen molar-refractivity contribution in [3.05, 3.63) is 58.6 Å². The summed E-state index contributed by atoms with van der Waals surface area (Å²) in [6, 6.07) is 9.39. The molecule has 2 amide bonds. The van der Waals surface area contributed by atoms with Crippen LogP contribution in [0.3, 0.4) is 0 Å². The van der Waals surface area contributed by atoms with Gasteiger partial charge in [0.15, 0.2) is 0 Å². The Morgan fingerprint density at radius 1 is 1.19 bits per heavy atom. The van der Waals surface area contributed by atoms with E-state index in [1.165, 1.54) is 0 Å². The maximum Gasteiger partial charge on any atom is 0.321 e. The summed E-state index contributed by atoms with van der Waals surface area (Å²) < 4.78 is 5.49. The first-order valence-corrected chi connectivity index (χ1v) is 11.1. The van der Waals surface area contributed by atoms with Gasteiger partial charge in [-0.2, -0.15) is 4.98 Å². The molecule has 0 unspecified atom stereocenters. The number of aryl methyl sites for hydroxylation is 1. The first-order valence-electron chi connectivity index (χ1n) is 10.7. The van der Waals surface area contributed by atoms with Crippen LogP contribution in [0.4, 0.5) is 10.5 Å². The van der Waals surface area contributed by atoms with Crippen molar-refractivity contribution in [3.8, 4) is 11.5 Å². The Morgan fingerprint density at radius 2 is 2.00 bits per heavy atom. The number of rotatable bonds is 5. The van der Waals surface area contributed by atoms with Crippen LogP contribution in [0, 0.1) is 0 Å². The number of urea groups is 1. The molecule has 3 aromatic rings. The van der Waals surface area contributed by atoms with Gasteiger partial charge in [-0.25, -0.2) is 4.79 Å².